The van der Waals surface area contributed by atoms with Crippen LogP contribution in [-0.2, 0) is 20.5 Å². The summed E-state index contributed by atoms with van der Waals surface area (Å²) in [5.74, 6) is 1.98. The van der Waals surface area contributed by atoms with E-state index in [4.69, 9.17) is 13.7 Å². The molecule has 5 nitrogen and oxygen atoms in total. The van der Waals surface area contributed by atoms with Crippen molar-refractivity contribution in [3.8, 4) is 0 Å². The van der Waals surface area contributed by atoms with Crippen LogP contribution in [0.3, 0.4) is 0 Å². The number of carbonyl (C=O) groups excluding carboxylic acids is 1. The number of aldehydes is 1. The number of furan rings is 1. The first-order chi connectivity index (χ1) is 14.4. The predicted molar refractivity (Wildman–Crippen MR) is 120 cm³/mol. The Kier molecular flexibility index (Phi) is 5.29. The fraction of sp³-hybridized carbons (Fsp3) is 0.609. The van der Waals surface area contributed by atoms with Crippen molar-refractivity contribution < 1.29 is 18.5 Å². The highest BCUT2D eigenvalue weighted by Crippen LogP contribution is 2.65. The zero-order valence-corrected chi connectivity index (χ0v) is 18.7. The van der Waals surface area contributed by atoms with Gasteiger partial charge in [0.25, 0.3) is 0 Å². The molecule has 30 heavy (non-hydrogen) atoms. The minimum absolute atomic E-state index is 0.0228. The lowest BCUT2D eigenvalue weighted by Crippen LogP contribution is -2.65. The van der Waals surface area contributed by atoms with Crippen molar-refractivity contribution in [1.82, 2.24) is 4.72 Å². The molecule has 160 valence electrons. The van der Waals surface area contributed by atoms with Gasteiger partial charge in [-0.15, -0.1) is 0 Å². The van der Waals surface area contributed by atoms with Crippen LogP contribution in [0.4, 0.5) is 0 Å². The molecule has 4 fully saturated rings. The summed E-state index contributed by atoms with van der Waals surface area (Å²) in [6.07, 6.45) is 6.56. The number of hydrogen-bond donors (Lipinski definition) is 1. The molecule has 4 aliphatic rings. The van der Waals surface area contributed by atoms with Gasteiger partial charge in [0.2, 0.25) is 0 Å². The van der Waals surface area contributed by atoms with Crippen LogP contribution in [0.25, 0.3) is 11.0 Å². The normalized spacial score (nSPS) is 32.6. The summed E-state index contributed by atoms with van der Waals surface area (Å²) < 4.78 is 22.6. The maximum atomic E-state index is 10.7. The smallest absolute Gasteiger partial charge is 0.464 e. The summed E-state index contributed by atoms with van der Waals surface area (Å²) in [7, 11) is -0.312. The summed E-state index contributed by atoms with van der Waals surface area (Å²) in [5, 5.41) is 1.13. The Balaban J connectivity index is 1.36. The minimum atomic E-state index is -0.312. The third-order valence-corrected chi connectivity index (χ3v) is 8.78. The lowest BCUT2D eigenvalue weighted by molar-refractivity contribution is -0.199. The van der Waals surface area contributed by atoms with Crippen molar-refractivity contribution >= 4 is 36.3 Å². The molecule has 1 N–H and O–H groups in total. The van der Waals surface area contributed by atoms with Gasteiger partial charge >= 0.3 is 7.12 Å². The second kappa shape index (κ2) is 7.70. The number of benzene rings is 1. The largest absolute Gasteiger partial charge is 0.477 e. The molecule has 3 aliphatic carbocycles. The Morgan fingerprint density at radius 3 is 2.93 bits per heavy atom. The van der Waals surface area contributed by atoms with E-state index in [1.54, 1.807) is 11.9 Å². The van der Waals surface area contributed by atoms with E-state index in [-0.39, 0.29) is 24.8 Å². The van der Waals surface area contributed by atoms with E-state index >= 15 is 0 Å². The summed E-state index contributed by atoms with van der Waals surface area (Å²) >= 11 is 1.57. The molecule has 1 aromatic carbocycles. The van der Waals surface area contributed by atoms with Crippen LogP contribution < -0.4 is 4.72 Å². The molecule has 6 rings (SSSR count). The zero-order valence-electron chi connectivity index (χ0n) is 17.9. The first-order valence-corrected chi connectivity index (χ1v) is 12.0. The van der Waals surface area contributed by atoms with Crippen LogP contribution in [0, 0.1) is 17.3 Å². The number of para-hydroxylation sites is 1. The van der Waals surface area contributed by atoms with Gasteiger partial charge in [-0.05, 0) is 55.1 Å². The van der Waals surface area contributed by atoms with E-state index in [0.717, 1.165) is 47.3 Å². The van der Waals surface area contributed by atoms with Crippen molar-refractivity contribution in [1.29, 1.82) is 0 Å². The molecule has 5 atom stereocenters. The first kappa shape index (κ1) is 20.6. The van der Waals surface area contributed by atoms with Gasteiger partial charge in [0.05, 0.1) is 23.9 Å². The molecule has 1 aliphatic heterocycles. The summed E-state index contributed by atoms with van der Waals surface area (Å²) in [5.41, 5.74) is 2.15. The van der Waals surface area contributed by atoms with Gasteiger partial charge in [-0.25, -0.2) is 0 Å². The van der Waals surface area contributed by atoms with Crippen molar-refractivity contribution in [2.24, 2.45) is 17.3 Å². The highest BCUT2D eigenvalue weighted by Gasteiger charge is 2.68. The molecule has 2 unspecified atom stereocenters. The van der Waals surface area contributed by atoms with Gasteiger partial charge < -0.3 is 18.5 Å². The Bertz CT molecular complexity index is 933. The van der Waals surface area contributed by atoms with E-state index in [9.17, 15) is 4.79 Å². The van der Waals surface area contributed by atoms with Crippen LogP contribution in [0.2, 0.25) is 0 Å². The van der Waals surface area contributed by atoms with Crippen molar-refractivity contribution in [3.05, 3.63) is 36.1 Å². The van der Waals surface area contributed by atoms with Crippen molar-refractivity contribution in [2.75, 3.05) is 5.75 Å². The average molecular weight is 427 g/mol. The number of hydrogen-bond acceptors (Lipinski definition) is 6. The van der Waals surface area contributed by atoms with Gasteiger partial charge in [0, 0.05) is 17.6 Å². The third-order valence-electron chi connectivity index (χ3n) is 7.87. The van der Waals surface area contributed by atoms with Gasteiger partial charge in [-0.3, -0.25) is 4.72 Å². The van der Waals surface area contributed by atoms with Gasteiger partial charge in [-0.1, -0.05) is 44.0 Å². The molecule has 1 saturated heterocycles. The number of nitrogens with one attached hydrogen (secondary N) is 1. The monoisotopic (exact) mass is 427 g/mol. The van der Waals surface area contributed by atoms with Gasteiger partial charge in [0.1, 0.15) is 11.9 Å². The van der Waals surface area contributed by atoms with E-state index < -0.39 is 0 Å². The Hall–Kier alpha value is -1.28. The van der Waals surface area contributed by atoms with E-state index in [0.29, 0.717) is 17.8 Å². The van der Waals surface area contributed by atoms with Crippen LogP contribution in [0.15, 0.2) is 34.9 Å². The number of rotatable bonds is 8. The number of fused-ring (bicyclic) bond motifs is 1. The molecule has 7 heteroatoms. The molecule has 3 saturated carbocycles. The molecular formula is C23H30BNO4S. The zero-order chi connectivity index (χ0) is 20.9. The second-order valence-electron chi connectivity index (χ2n) is 9.83. The molecule has 1 aromatic heterocycles. The topological polar surface area (TPSA) is 60.7 Å². The fourth-order valence-electron chi connectivity index (χ4n) is 5.97. The fourth-order valence-corrected chi connectivity index (χ4v) is 6.71. The van der Waals surface area contributed by atoms with Crippen molar-refractivity contribution in [3.63, 3.8) is 0 Å². The molecule has 2 aromatic rings. The van der Waals surface area contributed by atoms with E-state index in [1.165, 1.54) is 6.42 Å². The van der Waals surface area contributed by atoms with E-state index in [2.05, 4.69) is 31.6 Å². The summed E-state index contributed by atoms with van der Waals surface area (Å²) in [6.45, 7) is 7.02. The summed E-state index contributed by atoms with van der Waals surface area (Å²) in [4.78, 5) is 10.7. The second-order valence-corrected chi connectivity index (χ2v) is 10.8. The summed E-state index contributed by atoms with van der Waals surface area (Å²) in [6, 6.07) is 8.12. The lowest BCUT2D eigenvalue weighted by atomic mass is 9.43. The maximum absolute atomic E-state index is 10.7. The maximum Gasteiger partial charge on any atom is 0.477 e. The third kappa shape index (κ3) is 3.25. The van der Waals surface area contributed by atoms with Crippen LogP contribution in [0.5, 0.6) is 0 Å². The van der Waals surface area contributed by atoms with Gasteiger partial charge in [-0.2, -0.15) is 0 Å². The van der Waals surface area contributed by atoms with Crippen molar-refractivity contribution in [2.45, 2.75) is 64.1 Å². The quantitative estimate of drug-likeness (QED) is 0.291. The molecular weight excluding hydrogens is 397 g/mol. The van der Waals surface area contributed by atoms with Crippen LogP contribution in [0.1, 0.15) is 45.6 Å². The Morgan fingerprint density at radius 2 is 2.13 bits per heavy atom. The van der Waals surface area contributed by atoms with Crippen LogP contribution in [-0.4, -0.2) is 36.8 Å². The minimum Gasteiger partial charge on any atom is -0.464 e. The lowest BCUT2D eigenvalue weighted by Gasteiger charge is -2.64. The van der Waals surface area contributed by atoms with Gasteiger partial charge in [0.15, 0.2) is 0 Å². The standard InChI is InChI=1S/C23H30BNO4S/c1-22(2)16-12-19(22)23(3)20(13-16)28-24(29-23)21(25-30-10-6-9-26)11-15-14-27-18-8-5-4-7-17(15)18/h4-5,7-9,14,16,19-21,25H,6,10-13H2,1-3H3/t16-,19?,20+,21?,23-/m0/s1. The van der Waals surface area contributed by atoms with E-state index in [1.807, 2.05) is 24.5 Å². The molecule has 0 amide bonds. The Labute approximate surface area is 182 Å². The average Bonchev–Trinajstić information content (AvgIpc) is 3.30. The highest BCUT2D eigenvalue weighted by molar-refractivity contribution is 7.97. The molecule has 2 bridgehead atoms. The number of carbonyl (C=O) groups is 1. The molecule has 0 spiro atoms. The van der Waals surface area contributed by atoms with Crippen LogP contribution >= 0.6 is 11.9 Å². The molecule has 2 heterocycles. The Morgan fingerprint density at radius 1 is 1.30 bits per heavy atom. The highest BCUT2D eigenvalue weighted by atomic mass is 32.2. The first-order valence-electron chi connectivity index (χ1n) is 11.0. The molecule has 0 radical (unpaired) electrons. The predicted octanol–water partition coefficient (Wildman–Crippen LogP) is 4.44. The SMILES string of the molecule is CC1(C)C2C[C@H]1C[C@H]1OB(C(Cc3coc4ccccc34)NSCCC=O)O[C@@]21C.